The maximum absolute atomic E-state index is 12.2. The molecule has 0 aliphatic rings. The van der Waals surface area contributed by atoms with Gasteiger partial charge in [0, 0.05) is 15.6 Å². The number of esters is 1. The molecule has 25 heavy (non-hydrogen) atoms. The summed E-state index contributed by atoms with van der Waals surface area (Å²) in [6.07, 6.45) is -1.11. The summed E-state index contributed by atoms with van der Waals surface area (Å²) in [6, 6.07) is 11.9. The monoisotopic (exact) mass is 381 g/mol. The molecule has 2 rings (SSSR count). The van der Waals surface area contributed by atoms with E-state index in [1.165, 1.54) is 14.0 Å². The van der Waals surface area contributed by atoms with Gasteiger partial charge in [0.15, 0.2) is 6.10 Å². The molecule has 0 fully saturated rings. The van der Waals surface area contributed by atoms with Crippen molar-refractivity contribution in [2.75, 3.05) is 12.4 Å². The summed E-state index contributed by atoms with van der Waals surface area (Å²) in [5.74, 6) is -0.557. The fourth-order valence-corrected chi connectivity index (χ4v) is 2.65. The lowest BCUT2D eigenvalue weighted by molar-refractivity contribution is -0.152. The summed E-state index contributed by atoms with van der Waals surface area (Å²) in [4.78, 5) is 24.3. The first-order valence-corrected chi connectivity index (χ1v) is 8.24. The smallest absolute Gasteiger partial charge is 0.311 e. The SMILES string of the molecule is COc1ccccc1NC(=O)C(C)OC(=O)Cc1c(Cl)cccc1Cl. The zero-order valence-corrected chi connectivity index (χ0v) is 15.2. The third kappa shape index (κ3) is 5.11. The van der Waals surface area contributed by atoms with E-state index >= 15 is 0 Å². The van der Waals surface area contributed by atoms with E-state index in [9.17, 15) is 9.59 Å². The van der Waals surface area contributed by atoms with Crippen LogP contribution < -0.4 is 10.1 Å². The Morgan fingerprint density at radius 2 is 1.72 bits per heavy atom. The van der Waals surface area contributed by atoms with Gasteiger partial charge in [-0.2, -0.15) is 0 Å². The van der Waals surface area contributed by atoms with E-state index in [4.69, 9.17) is 32.7 Å². The standard InChI is InChI=1S/C18H17Cl2NO4/c1-11(18(23)21-15-8-3-4-9-16(15)24-2)25-17(22)10-12-13(19)6-5-7-14(12)20/h3-9,11H,10H2,1-2H3,(H,21,23). The Balaban J connectivity index is 1.97. The average Bonchev–Trinajstić information content (AvgIpc) is 2.58. The number of hydrogen-bond acceptors (Lipinski definition) is 4. The zero-order chi connectivity index (χ0) is 18.4. The predicted molar refractivity (Wildman–Crippen MR) is 97.3 cm³/mol. The van der Waals surface area contributed by atoms with Crippen molar-refractivity contribution in [2.45, 2.75) is 19.4 Å². The summed E-state index contributed by atoms with van der Waals surface area (Å²) < 4.78 is 10.3. The van der Waals surface area contributed by atoms with E-state index in [1.807, 2.05) is 0 Å². The fourth-order valence-electron chi connectivity index (χ4n) is 2.12. The van der Waals surface area contributed by atoms with Gasteiger partial charge in [0.2, 0.25) is 0 Å². The molecule has 0 aromatic heterocycles. The molecule has 0 aliphatic heterocycles. The normalized spacial score (nSPS) is 11.5. The lowest BCUT2D eigenvalue weighted by Gasteiger charge is -2.15. The van der Waals surface area contributed by atoms with Gasteiger partial charge < -0.3 is 14.8 Å². The molecule has 0 aliphatic carbocycles. The largest absolute Gasteiger partial charge is 0.495 e. The van der Waals surface area contributed by atoms with E-state index in [0.717, 1.165) is 0 Å². The number of carbonyl (C=O) groups excluding carboxylic acids is 2. The molecule has 0 heterocycles. The molecule has 1 unspecified atom stereocenters. The van der Waals surface area contributed by atoms with Gasteiger partial charge in [-0.15, -0.1) is 0 Å². The van der Waals surface area contributed by atoms with Crippen molar-refractivity contribution in [1.82, 2.24) is 0 Å². The molecule has 5 nitrogen and oxygen atoms in total. The highest BCUT2D eigenvalue weighted by Crippen LogP contribution is 2.25. The minimum Gasteiger partial charge on any atom is -0.495 e. The minimum atomic E-state index is -0.987. The number of methoxy groups -OCH3 is 1. The van der Waals surface area contributed by atoms with Gasteiger partial charge in [-0.25, -0.2) is 0 Å². The van der Waals surface area contributed by atoms with Gasteiger partial charge in [-0.3, -0.25) is 9.59 Å². The van der Waals surface area contributed by atoms with E-state index in [2.05, 4.69) is 5.32 Å². The van der Waals surface area contributed by atoms with Crippen LogP contribution in [0.3, 0.4) is 0 Å². The van der Waals surface area contributed by atoms with Gasteiger partial charge >= 0.3 is 5.97 Å². The van der Waals surface area contributed by atoms with Crippen LogP contribution in [0.25, 0.3) is 0 Å². The number of ether oxygens (including phenoxy) is 2. The lowest BCUT2D eigenvalue weighted by atomic mass is 10.1. The van der Waals surface area contributed by atoms with Gasteiger partial charge in [0.05, 0.1) is 19.2 Å². The quantitative estimate of drug-likeness (QED) is 0.764. The van der Waals surface area contributed by atoms with Crippen molar-refractivity contribution in [3.63, 3.8) is 0 Å². The van der Waals surface area contributed by atoms with Crippen LogP contribution in [0.5, 0.6) is 5.75 Å². The molecular formula is C18H17Cl2NO4. The van der Waals surface area contributed by atoms with E-state index in [-0.39, 0.29) is 6.42 Å². The number of halogens is 2. The Morgan fingerprint density at radius 1 is 1.08 bits per heavy atom. The van der Waals surface area contributed by atoms with Gasteiger partial charge in [-0.1, -0.05) is 41.4 Å². The number of rotatable bonds is 6. The van der Waals surface area contributed by atoms with Crippen molar-refractivity contribution in [3.8, 4) is 5.75 Å². The van der Waals surface area contributed by atoms with Crippen LogP contribution in [0, 0.1) is 0 Å². The average molecular weight is 382 g/mol. The topological polar surface area (TPSA) is 64.6 Å². The van der Waals surface area contributed by atoms with Crippen LogP contribution in [0.1, 0.15) is 12.5 Å². The van der Waals surface area contributed by atoms with Crippen LogP contribution in [0.15, 0.2) is 42.5 Å². The molecule has 0 saturated carbocycles. The highest BCUT2D eigenvalue weighted by molar-refractivity contribution is 6.36. The third-order valence-electron chi connectivity index (χ3n) is 3.43. The highest BCUT2D eigenvalue weighted by Gasteiger charge is 2.20. The molecule has 1 atom stereocenters. The number of anilines is 1. The van der Waals surface area contributed by atoms with Crippen molar-refractivity contribution in [2.24, 2.45) is 0 Å². The van der Waals surface area contributed by atoms with Crippen LogP contribution in [-0.4, -0.2) is 25.1 Å². The van der Waals surface area contributed by atoms with E-state index < -0.39 is 18.0 Å². The Bertz CT molecular complexity index is 759. The molecule has 1 N–H and O–H groups in total. The number of hydrogen-bond donors (Lipinski definition) is 1. The third-order valence-corrected chi connectivity index (χ3v) is 4.13. The van der Waals surface area contributed by atoms with Crippen LogP contribution in [0.4, 0.5) is 5.69 Å². The first kappa shape index (κ1) is 19.1. The number of carbonyl (C=O) groups is 2. The molecule has 0 radical (unpaired) electrons. The molecule has 0 spiro atoms. The van der Waals surface area contributed by atoms with E-state index in [1.54, 1.807) is 42.5 Å². The first-order valence-electron chi connectivity index (χ1n) is 7.48. The van der Waals surface area contributed by atoms with Gasteiger partial charge in [0.25, 0.3) is 5.91 Å². The molecular weight excluding hydrogens is 365 g/mol. The molecule has 2 aromatic rings. The number of nitrogens with one attached hydrogen (secondary N) is 1. The van der Waals surface area contributed by atoms with Crippen molar-refractivity contribution >= 4 is 40.8 Å². The second-order valence-corrected chi connectivity index (χ2v) is 6.01. The summed E-state index contributed by atoms with van der Waals surface area (Å²) >= 11 is 12.1. The molecule has 7 heteroatoms. The Hall–Kier alpha value is -2.24. The second kappa shape index (κ2) is 8.74. The lowest BCUT2D eigenvalue weighted by Crippen LogP contribution is -2.30. The number of amides is 1. The summed E-state index contributed by atoms with van der Waals surface area (Å²) in [7, 11) is 1.50. The van der Waals surface area contributed by atoms with E-state index in [0.29, 0.717) is 27.0 Å². The Kier molecular flexibility index (Phi) is 6.67. The van der Waals surface area contributed by atoms with Crippen molar-refractivity contribution < 1.29 is 19.1 Å². The predicted octanol–water partition coefficient (Wildman–Crippen LogP) is 4.11. The summed E-state index contributed by atoms with van der Waals surface area (Å²) in [5.41, 5.74) is 0.959. The zero-order valence-electron chi connectivity index (χ0n) is 13.7. The summed E-state index contributed by atoms with van der Waals surface area (Å²) in [6.45, 7) is 1.48. The Morgan fingerprint density at radius 3 is 2.36 bits per heavy atom. The molecule has 0 bridgehead atoms. The minimum absolute atomic E-state index is 0.120. The highest BCUT2D eigenvalue weighted by atomic mass is 35.5. The number of benzene rings is 2. The maximum Gasteiger partial charge on any atom is 0.311 e. The maximum atomic E-state index is 12.2. The van der Waals surface area contributed by atoms with Crippen LogP contribution in [-0.2, 0) is 20.7 Å². The van der Waals surface area contributed by atoms with Gasteiger partial charge in [0.1, 0.15) is 5.75 Å². The summed E-state index contributed by atoms with van der Waals surface area (Å²) in [5, 5.41) is 3.40. The first-order chi connectivity index (χ1) is 11.9. The molecule has 132 valence electrons. The van der Waals surface area contributed by atoms with Crippen LogP contribution in [0.2, 0.25) is 10.0 Å². The molecule has 0 saturated heterocycles. The van der Waals surface area contributed by atoms with Crippen molar-refractivity contribution in [3.05, 3.63) is 58.1 Å². The molecule has 2 aromatic carbocycles. The molecule has 1 amide bonds. The fraction of sp³-hybridized carbons (Fsp3) is 0.222. The van der Waals surface area contributed by atoms with Crippen molar-refractivity contribution in [1.29, 1.82) is 0 Å². The Labute approximate surface area is 155 Å². The number of para-hydroxylation sites is 2. The second-order valence-electron chi connectivity index (χ2n) is 5.20. The van der Waals surface area contributed by atoms with Gasteiger partial charge in [-0.05, 0) is 31.2 Å². The van der Waals surface area contributed by atoms with Crippen LogP contribution >= 0.6 is 23.2 Å².